The molecule has 11 heteroatoms. The number of ether oxygens (including phenoxy) is 2. The van der Waals surface area contributed by atoms with Crippen molar-refractivity contribution < 1.29 is 14.6 Å². The number of anilines is 1. The summed E-state index contributed by atoms with van der Waals surface area (Å²) in [4.78, 5) is 0. The maximum absolute atomic E-state index is 10.1. The van der Waals surface area contributed by atoms with E-state index in [1.165, 1.54) is 0 Å². The Balaban J connectivity index is 0.00000392. The monoisotopic (exact) mass is 451 g/mol. The molecule has 1 unspecified atom stereocenters. The zero-order valence-electron chi connectivity index (χ0n) is 15.5. The van der Waals surface area contributed by atoms with Crippen LogP contribution in [0.4, 0.5) is 5.82 Å². The normalized spacial score (nSPS) is 12.1. The summed E-state index contributed by atoms with van der Waals surface area (Å²) in [6.45, 7) is 4.58. The first-order chi connectivity index (χ1) is 12.8. The molecule has 0 aliphatic carbocycles. The molecule has 156 valence electrons. The van der Waals surface area contributed by atoms with Crippen molar-refractivity contribution in [1.82, 2.24) is 15.5 Å². The molecule has 1 aromatic carbocycles. The summed E-state index contributed by atoms with van der Waals surface area (Å²) >= 11 is 11.9. The number of nitrogens with two attached hydrogens (primary N) is 1. The number of aromatic nitrogens is 2. The van der Waals surface area contributed by atoms with Gasteiger partial charge in [-0.15, -0.1) is 22.6 Å². The average molecular weight is 453 g/mol. The zero-order chi connectivity index (χ0) is 19.9. The lowest BCUT2D eigenvalue weighted by molar-refractivity contribution is 0.0923. The maximum atomic E-state index is 10.1. The molecule has 0 fully saturated rings. The van der Waals surface area contributed by atoms with Gasteiger partial charge in [0.2, 0.25) is 5.88 Å². The van der Waals surface area contributed by atoms with Crippen LogP contribution in [0.5, 0.6) is 11.6 Å². The van der Waals surface area contributed by atoms with Crippen molar-refractivity contribution in [2.24, 2.45) is 5.84 Å². The lowest BCUT2D eigenvalue weighted by atomic mass is 10.1. The van der Waals surface area contributed by atoms with E-state index in [0.717, 1.165) is 0 Å². The Morgan fingerprint density at radius 1 is 1.18 bits per heavy atom. The van der Waals surface area contributed by atoms with Gasteiger partial charge < -0.3 is 25.3 Å². The van der Waals surface area contributed by atoms with Crippen molar-refractivity contribution in [3.8, 4) is 11.6 Å². The summed E-state index contributed by atoms with van der Waals surface area (Å²) in [5.41, 5.74) is 1.98. The van der Waals surface area contributed by atoms with Crippen LogP contribution in [0.3, 0.4) is 0 Å². The fraction of sp³-hybridized carbons (Fsp3) is 0.412. The second-order valence-electron chi connectivity index (χ2n) is 6.49. The second kappa shape index (κ2) is 11.5. The quantitative estimate of drug-likeness (QED) is 0.321. The molecule has 5 N–H and O–H groups in total. The molecular weight excluding hydrogens is 429 g/mol. The van der Waals surface area contributed by atoms with Gasteiger partial charge in [0.05, 0.1) is 5.02 Å². The zero-order valence-corrected chi connectivity index (χ0v) is 17.8. The molecule has 0 bridgehead atoms. The van der Waals surface area contributed by atoms with E-state index in [9.17, 15) is 5.11 Å². The van der Waals surface area contributed by atoms with E-state index in [2.05, 4.69) is 20.9 Å². The topological polar surface area (TPSA) is 115 Å². The molecule has 1 heterocycles. The van der Waals surface area contributed by atoms with Gasteiger partial charge in [0.15, 0.2) is 5.82 Å². The van der Waals surface area contributed by atoms with Gasteiger partial charge in [-0.05, 0) is 32.0 Å². The number of aliphatic hydroxyl groups excluding tert-OH is 1. The van der Waals surface area contributed by atoms with Crippen LogP contribution in [-0.4, -0.2) is 46.7 Å². The summed E-state index contributed by atoms with van der Waals surface area (Å²) in [6.07, 6.45) is -0.742. The average Bonchev–Trinajstić information content (AvgIpc) is 2.66. The van der Waals surface area contributed by atoms with Crippen LogP contribution in [-0.2, 0) is 0 Å². The standard InChI is InChI=1S/C17H23Cl2N5O3.ClH/c1-17(2,10-27-16-6-5-15(22-20)23-24-16)21-8-12(25)9-26-14-7-11(18)3-4-13(14)19;/h3-7,12,21,25H,8-10,20H2,1-2H3,(H,22,23);1H. The molecule has 0 aliphatic heterocycles. The summed E-state index contributed by atoms with van der Waals surface area (Å²) in [5.74, 6) is 6.49. The van der Waals surface area contributed by atoms with Crippen LogP contribution in [0.15, 0.2) is 30.3 Å². The van der Waals surface area contributed by atoms with Crippen LogP contribution in [0, 0.1) is 0 Å². The molecule has 1 atom stereocenters. The van der Waals surface area contributed by atoms with E-state index in [1.807, 2.05) is 13.8 Å². The molecule has 2 aromatic rings. The van der Waals surface area contributed by atoms with E-state index < -0.39 is 11.6 Å². The van der Waals surface area contributed by atoms with E-state index >= 15 is 0 Å². The highest BCUT2D eigenvalue weighted by Crippen LogP contribution is 2.27. The molecule has 0 aliphatic rings. The number of hydrogen-bond acceptors (Lipinski definition) is 8. The number of hydrazine groups is 1. The lowest BCUT2D eigenvalue weighted by Crippen LogP contribution is -2.48. The first-order valence-electron chi connectivity index (χ1n) is 8.23. The van der Waals surface area contributed by atoms with Gasteiger partial charge in [-0.25, -0.2) is 5.84 Å². The van der Waals surface area contributed by atoms with E-state index in [1.54, 1.807) is 30.3 Å². The SMILES string of the molecule is CC(C)(COc1ccc(NN)nn1)NCC(O)COc1cc(Cl)ccc1Cl.Cl. The predicted octanol–water partition coefficient (Wildman–Crippen LogP) is 2.68. The van der Waals surface area contributed by atoms with Crippen LogP contribution in [0.1, 0.15) is 13.8 Å². The Bertz CT molecular complexity index is 734. The van der Waals surface area contributed by atoms with Crippen LogP contribution < -0.4 is 26.1 Å². The second-order valence-corrected chi connectivity index (χ2v) is 7.34. The van der Waals surface area contributed by atoms with Gasteiger partial charge in [-0.2, -0.15) is 0 Å². The fourth-order valence-corrected chi connectivity index (χ4v) is 2.34. The minimum absolute atomic E-state index is 0. The minimum Gasteiger partial charge on any atom is -0.489 e. The highest BCUT2D eigenvalue weighted by atomic mass is 35.5. The molecule has 0 spiro atoms. The van der Waals surface area contributed by atoms with Gasteiger partial charge in [-0.3, -0.25) is 0 Å². The Hall–Kier alpha value is -1.55. The van der Waals surface area contributed by atoms with Crippen LogP contribution in [0.25, 0.3) is 0 Å². The van der Waals surface area contributed by atoms with Crippen molar-refractivity contribution >= 4 is 41.4 Å². The Kier molecular flexibility index (Phi) is 10.0. The Labute approximate surface area is 180 Å². The van der Waals surface area contributed by atoms with E-state index in [4.69, 9.17) is 38.5 Å². The molecule has 1 aromatic heterocycles. The minimum atomic E-state index is -0.742. The van der Waals surface area contributed by atoms with Crippen LogP contribution in [0.2, 0.25) is 10.0 Å². The number of hydrogen-bond donors (Lipinski definition) is 4. The van der Waals surface area contributed by atoms with E-state index in [0.29, 0.717) is 40.6 Å². The van der Waals surface area contributed by atoms with Gasteiger partial charge in [0.1, 0.15) is 25.1 Å². The molecule has 0 radical (unpaired) electrons. The number of nitrogens with zero attached hydrogens (tertiary/aromatic N) is 2. The molecule has 28 heavy (non-hydrogen) atoms. The number of nitrogens with one attached hydrogen (secondary N) is 2. The molecular formula is C17H24Cl3N5O3. The Morgan fingerprint density at radius 3 is 2.57 bits per heavy atom. The fourth-order valence-electron chi connectivity index (χ4n) is 2.01. The third-order valence-corrected chi connectivity index (χ3v) is 4.06. The third kappa shape index (κ3) is 8.22. The third-order valence-electron chi connectivity index (χ3n) is 3.51. The largest absolute Gasteiger partial charge is 0.489 e. The molecule has 0 saturated carbocycles. The smallest absolute Gasteiger partial charge is 0.233 e. The first-order valence-corrected chi connectivity index (χ1v) is 8.99. The van der Waals surface area contributed by atoms with Gasteiger partial charge in [-0.1, -0.05) is 23.2 Å². The number of halogens is 3. The van der Waals surface area contributed by atoms with Gasteiger partial charge >= 0.3 is 0 Å². The Morgan fingerprint density at radius 2 is 1.93 bits per heavy atom. The van der Waals surface area contributed by atoms with Crippen molar-refractivity contribution in [1.29, 1.82) is 0 Å². The van der Waals surface area contributed by atoms with Crippen molar-refractivity contribution in [2.75, 3.05) is 25.2 Å². The summed E-state index contributed by atoms with van der Waals surface area (Å²) in [6, 6.07) is 8.24. The number of β-amino-alcohol motifs (C(OH)–C–C–N with tert-alkyl or cyclic N) is 1. The number of aliphatic hydroxyl groups is 1. The number of nitrogen functional groups attached to an aromatic ring is 1. The highest BCUT2D eigenvalue weighted by molar-refractivity contribution is 6.34. The van der Waals surface area contributed by atoms with Crippen molar-refractivity contribution in [3.05, 3.63) is 40.4 Å². The lowest BCUT2D eigenvalue weighted by Gasteiger charge is -2.27. The van der Waals surface area contributed by atoms with Crippen molar-refractivity contribution in [2.45, 2.75) is 25.5 Å². The first kappa shape index (κ1) is 24.5. The van der Waals surface area contributed by atoms with Crippen molar-refractivity contribution in [3.63, 3.8) is 0 Å². The predicted molar refractivity (Wildman–Crippen MR) is 113 cm³/mol. The van der Waals surface area contributed by atoms with Crippen LogP contribution >= 0.6 is 35.6 Å². The summed E-state index contributed by atoms with van der Waals surface area (Å²) in [7, 11) is 0. The molecule has 0 saturated heterocycles. The van der Waals surface area contributed by atoms with Gasteiger partial charge in [0.25, 0.3) is 0 Å². The number of rotatable bonds is 10. The summed E-state index contributed by atoms with van der Waals surface area (Å²) in [5, 5.41) is 22.0. The molecule has 8 nitrogen and oxygen atoms in total. The number of benzene rings is 1. The molecule has 2 rings (SSSR count). The highest BCUT2D eigenvalue weighted by Gasteiger charge is 2.20. The maximum Gasteiger partial charge on any atom is 0.233 e. The summed E-state index contributed by atoms with van der Waals surface area (Å²) < 4.78 is 11.1. The van der Waals surface area contributed by atoms with Gasteiger partial charge in [0, 0.05) is 29.2 Å². The molecule has 0 amide bonds. The van der Waals surface area contributed by atoms with E-state index in [-0.39, 0.29) is 19.0 Å².